The zero-order chi connectivity index (χ0) is 8.97. The Balaban J connectivity index is 2.24. The van der Waals surface area contributed by atoms with E-state index in [0.717, 1.165) is 24.3 Å². The van der Waals surface area contributed by atoms with Gasteiger partial charge in [0.05, 0.1) is 0 Å². The lowest BCUT2D eigenvalue weighted by Crippen LogP contribution is -2.35. The molecule has 1 aliphatic rings. The second kappa shape index (κ2) is 5.13. The first kappa shape index (κ1) is 10.4. The Kier molecular flexibility index (Phi) is 4.44. The van der Waals surface area contributed by atoms with Crippen molar-refractivity contribution in [1.82, 2.24) is 4.90 Å². The van der Waals surface area contributed by atoms with Gasteiger partial charge in [-0.25, -0.2) is 0 Å². The van der Waals surface area contributed by atoms with E-state index in [1.807, 2.05) is 0 Å². The van der Waals surface area contributed by atoms with Gasteiger partial charge in [-0.05, 0) is 38.6 Å². The molecule has 1 aliphatic carbocycles. The largest absolute Gasteiger partial charge is 0.303 e. The fourth-order valence-corrected chi connectivity index (χ4v) is 2.34. The SMILES string of the molecule is CC1CCC(N(C)CCS)CC1. The van der Waals surface area contributed by atoms with Crippen LogP contribution < -0.4 is 0 Å². The number of hydrogen-bond donors (Lipinski definition) is 1. The van der Waals surface area contributed by atoms with Crippen LogP contribution in [-0.4, -0.2) is 30.3 Å². The van der Waals surface area contributed by atoms with Crippen LogP contribution >= 0.6 is 12.6 Å². The zero-order valence-corrected chi connectivity index (χ0v) is 9.19. The Hall–Kier alpha value is 0.310. The summed E-state index contributed by atoms with van der Waals surface area (Å²) >= 11 is 4.26. The van der Waals surface area contributed by atoms with Crippen molar-refractivity contribution in [2.45, 2.75) is 38.6 Å². The van der Waals surface area contributed by atoms with E-state index >= 15 is 0 Å². The van der Waals surface area contributed by atoms with Crippen LogP contribution in [0.3, 0.4) is 0 Å². The Morgan fingerprint density at radius 3 is 2.33 bits per heavy atom. The van der Waals surface area contributed by atoms with Gasteiger partial charge in [0.1, 0.15) is 0 Å². The Morgan fingerprint density at radius 2 is 1.83 bits per heavy atom. The predicted octanol–water partition coefficient (Wildman–Crippen LogP) is 2.43. The summed E-state index contributed by atoms with van der Waals surface area (Å²) in [5.41, 5.74) is 0. The van der Waals surface area contributed by atoms with Gasteiger partial charge in [0.2, 0.25) is 0 Å². The molecule has 0 saturated heterocycles. The minimum atomic E-state index is 0.841. The third-order valence-corrected chi connectivity index (χ3v) is 3.26. The highest BCUT2D eigenvalue weighted by molar-refractivity contribution is 7.80. The smallest absolute Gasteiger partial charge is 0.00927 e. The van der Waals surface area contributed by atoms with Gasteiger partial charge >= 0.3 is 0 Å². The van der Waals surface area contributed by atoms with Gasteiger partial charge in [-0.2, -0.15) is 12.6 Å². The van der Waals surface area contributed by atoms with Crippen molar-refractivity contribution < 1.29 is 0 Å². The van der Waals surface area contributed by atoms with Crippen molar-refractivity contribution in [3.8, 4) is 0 Å². The number of rotatable bonds is 3. The van der Waals surface area contributed by atoms with E-state index < -0.39 is 0 Å². The average molecular weight is 187 g/mol. The van der Waals surface area contributed by atoms with Gasteiger partial charge < -0.3 is 4.90 Å². The summed E-state index contributed by atoms with van der Waals surface area (Å²) in [6.07, 6.45) is 5.63. The standard InChI is InChI=1S/C10H21NS/c1-9-3-5-10(6-4-9)11(2)7-8-12/h9-10,12H,3-8H2,1-2H3. The molecule has 0 atom stereocenters. The molecule has 1 saturated carbocycles. The quantitative estimate of drug-likeness (QED) is 0.664. The monoisotopic (exact) mass is 187 g/mol. The van der Waals surface area contributed by atoms with E-state index in [4.69, 9.17) is 0 Å². The molecule has 0 N–H and O–H groups in total. The molecule has 0 spiro atoms. The molecule has 12 heavy (non-hydrogen) atoms. The van der Waals surface area contributed by atoms with Crippen LogP contribution in [0.1, 0.15) is 32.6 Å². The van der Waals surface area contributed by atoms with E-state index in [9.17, 15) is 0 Å². The lowest BCUT2D eigenvalue weighted by atomic mass is 9.87. The van der Waals surface area contributed by atoms with Crippen molar-refractivity contribution in [3.63, 3.8) is 0 Å². The molecule has 0 aromatic rings. The summed E-state index contributed by atoms with van der Waals surface area (Å²) in [4.78, 5) is 2.47. The fraction of sp³-hybridized carbons (Fsp3) is 1.00. The van der Waals surface area contributed by atoms with E-state index in [1.165, 1.54) is 25.7 Å². The van der Waals surface area contributed by atoms with Crippen molar-refractivity contribution in [2.24, 2.45) is 5.92 Å². The molecule has 0 radical (unpaired) electrons. The second-order valence-electron chi connectivity index (χ2n) is 4.12. The first-order chi connectivity index (χ1) is 5.74. The van der Waals surface area contributed by atoms with Crippen molar-refractivity contribution in [2.75, 3.05) is 19.3 Å². The van der Waals surface area contributed by atoms with Crippen molar-refractivity contribution in [1.29, 1.82) is 0 Å². The van der Waals surface area contributed by atoms with Crippen LogP contribution in [0.2, 0.25) is 0 Å². The molecule has 72 valence electrons. The maximum Gasteiger partial charge on any atom is 0.00927 e. The molecule has 1 fully saturated rings. The number of thiol groups is 1. The Morgan fingerprint density at radius 1 is 1.25 bits per heavy atom. The molecule has 0 bridgehead atoms. The van der Waals surface area contributed by atoms with Crippen LogP contribution in [0.15, 0.2) is 0 Å². The number of nitrogens with zero attached hydrogens (tertiary/aromatic N) is 1. The average Bonchev–Trinajstić information content (AvgIpc) is 2.06. The highest BCUT2D eigenvalue weighted by Gasteiger charge is 2.20. The maximum atomic E-state index is 4.26. The molecule has 1 rings (SSSR count). The molecule has 0 amide bonds. The number of hydrogen-bond acceptors (Lipinski definition) is 2. The maximum absolute atomic E-state index is 4.26. The second-order valence-corrected chi connectivity index (χ2v) is 4.57. The molecular weight excluding hydrogens is 166 g/mol. The van der Waals surface area contributed by atoms with E-state index in [2.05, 4.69) is 31.5 Å². The van der Waals surface area contributed by atoms with Gasteiger partial charge in [0, 0.05) is 18.3 Å². The molecular formula is C10H21NS. The van der Waals surface area contributed by atoms with Crippen molar-refractivity contribution >= 4 is 12.6 Å². The lowest BCUT2D eigenvalue weighted by Gasteiger charge is -2.33. The molecule has 2 heteroatoms. The topological polar surface area (TPSA) is 3.24 Å². The molecule has 0 unspecified atom stereocenters. The normalized spacial score (nSPS) is 31.0. The summed E-state index contributed by atoms with van der Waals surface area (Å²) in [7, 11) is 2.23. The van der Waals surface area contributed by atoms with Crippen molar-refractivity contribution in [3.05, 3.63) is 0 Å². The van der Waals surface area contributed by atoms with Crippen LogP contribution in [-0.2, 0) is 0 Å². The predicted molar refractivity (Wildman–Crippen MR) is 57.9 cm³/mol. The van der Waals surface area contributed by atoms with E-state index in [0.29, 0.717) is 0 Å². The summed E-state index contributed by atoms with van der Waals surface area (Å²) in [6, 6.07) is 0.841. The molecule has 0 aromatic heterocycles. The summed E-state index contributed by atoms with van der Waals surface area (Å²) in [5, 5.41) is 0. The van der Waals surface area contributed by atoms with Gasteiger partial charge in [0.15, 0.2) is 0 Å². The first-order valence-electron chi connectivity index (χ1n) is 5.05. The van der Waals surface area contributed by atoms with E-state index in [-0.39, 0.29) is 0 Å². The van der Waals surface area contributed by atoms with E-state index in [1.54, 1.807) is 0 Å². The fourth-order valence-electron chi connectivity index (χ4n) is 2.02. The van der Waals surface area contributed by atoms with Gasteiger partial charge in [-0.1, -0.05) is 6.92 Å². The van der Waals surface area contributed by atoms with Crippen LogP contribution in [0.25, 0.3) is 0 Å². The highest BCUT2D eigenvalue weighted by atomic mass is 32.1. The molecule has 0 aromatic carbocycles. The lowest BCUT2D eigenvalue weighted by molar-refractivity contribution is 0.178. The minimum Gasteiger partial charge on any atom is -0.303 e. The summed E-state index contributed by atoms with van der Waals surface area (Å²) in [6.45, 7) is 3.51. The van der Waals surface area contributed by atoms with Crippen LogP contribution in [0.5, 0.6) is 0 Å². The molecule has 0 aliphatic heterocycles. The first-order valence-corrected chi connectivity index (χ1v) is 5.68. The summed E-state index contributed by atoms with van der Waals surface area (Å²) in [5.74, 6) is 1.95. The molecule has 1 nitrogen and oxygen atoms in total. The van der Waals surface area contributed by atoms with Gasteiger partial charge in [0.25, 0.3) is 0 Å². The highest BCUT2D eigenvalue weighted by Crippen LogP contribution is 2.26. The Bertz CT molecular complexity index is 119. The third kappa shape index (κ3) is 2.98. The van der Waals surface area contributed by atoms with Crippen LogP contribution in [0, 0.1) is 5.92 Å². The minimum absolute atomic E-state index is 0.841. The van der Waals surface area contributed by atoms with Crippen LogP contribution in [0.4, 0.5) is 0 Å². The van der Waals surface area contributed by atoms with Gasteiger partial charge in [-0.15, -0.1) is 0 Å². The Labute approximate surface area is 81.9 Å². The van der Waals surface area contributed by atoms with Gasteiger partial charge in [-0.3, -0.25) is 0 Å². The third-order valence-electron chi connectivity index (χ3n) is 3.06. The summed E-state index contributed by atoms with van der Waals surface area (Å²) < 4.78 is 0. The molecule has 0 heterocycles. The zero-order valence-electron chi connectivity index (χ0n) is 8.29.